The van der Waals surface area contributed by atoms with Gasteiger partial charge in [0.15, 0.2) is 0 Å². The molecule has 1 unspecified atom stereocenters. The second-order valence-electron chi connectivity index (χ2n) is 4.74. The molecule has 1 atom stereocenters. The van der Waals surface area contributed by atoms with Gasteiger partial charge in [-0.3, -0.25) is 4.79 Å². The van der Waals surface area contributed by atoms with E-state index >= 15 is 0 Å². The molecule has 0 saturated heterocycles. The van der Waals surface area contributed by atoms with Crippen LogP contribution in [-0.4, -0.2) is 29.8 Å². The second-order valence-corrected chi connectivity index (χ2v) is 6.05. The Labute approximate surface area is 123 Å². The zero-order chi connectivity index (χ0) is 15.4. The lowest BCUT2D eigenvalue weighted by atomic mass is 10.2. The number of rotatable bonds is 11. The van der Waals surface area contributed by atoms with Crippen molar-refractivity contribution in [3.05, 3.63) is 0 Å². The van der Waals surface area contributed by atoms with Crippen LogP contribution in [0.25, 0.3) is 0 Å². The zero-order valence-corrected chi connectivity index (χ0v) is 13.1. The van der Waals surface area contributed by atoms with Gasteiger partial charge in [0, 0.05) is 6.42 Å². The molecule has 0 spiro atoms. The normalized spacial score (nSPS) is 13.2. The maximum atomic E-state index is 12.0. The first-order chi connectivity index (χ1) is 9.40. The van der Waals surface area contributed by atoms with E-state index in [9.17, 15) is 18.0 Å². The van der Waals surface area contributed by atoms with Crippen LogP contribution in [0, 0.1) is 0 Å². The monoisotopic (exact) mass is 314 g/mol. The van der Waals surface area contributed by atoms with Gasteiger partial charge in [-0.2, -0.15) is 13.2 Å². The summed E-state index contributed by atoms with van der Waals surface area (Å²) in [5.74, 6) is 0.0699. The number of ether oxygens (including phenoxy) is 1. The lowest BCUT2D eigenvalue weighted by Crippen LogP contribution is -2.21. The Morgan fingerprint density at radius 1 is 1.15 bits per heavy atom. The van der Waals surface area contributed by atoms with E-state index in [0.29, 0.717) is 18.8 Å². The highest BCUT2D eigenvalue weighted by molar-refractivity contribution is 8.00. The van der Waals surface area contributed by atoms with Crippen LogP contribution in [0.2, 0.25) is 0 Å². The van der Waals surface area contributed by atoms with Gasteiger partial charge in [0.25, 0.3) is 0 Å². The number of alkyl halides is 3. The lowest BCUT2D eigenvalue weighted by molar-refractivity contribution is -0.143. The highest BCUT2D eigenvalue weighted by atomic mass is 32.2. The fourth-order valence-electron chi connectivity index (χ4n) is 1.57. The van der Waals surface area contributed by atoms with E-state index in [1.807, 2.05) is 13.8 Å². The van der Waals surface area contributed by atoms with Crippen molar-refractivity contribution in [1.82, 2.24) is 0 Å². The lowest BCUT2D eigenvalue weighted by Gasteiger charge is -2.15. The van der Waals surface area contributed by atoms with Gasteiger partial charge in [0.1, 0.15) is 5.25 Å². The molecule has 0 aromatic rings. The fourth-order valence-corrected chi connectivity index (χ4v) is 2.70. The number of hydrogen-bond donors (Lipinski definition) is 0. The van der Waals surface area contributed by atoms with Crippen LogP contribution in [0.1, 0.15) is 58.8 Å². The average Bonchev–Trinajstić information content (AvgIpc) is 2.36. The molecule has 120 valence electrons. The van der Waals surface area contributed by atoms with E-state index in [1.165, 1.54) is 11.8 Å². The maximum Gasteiger partial charge on any atom is 0.389 e. The second kappa shape index (κ2) is 11.3. The van der Waals surface area contributed by atoms with Crippen LogP contribution < -0.4 is 0 Å². The minimum atomic E-state index is -4.11. The standard InChI is InChI=1S/C14H25F3O2S/c1-3-5-8-12(13(18)19-10-6-4-2)20-11-7-9-14(15,16)17/h12H,3-11H2,1-2H3. The molecule has 0 aromatic heterocycles. The first kappa shape index (κ1) is 19.6. The molecule has 0 aliphatic heterocycles. The Bertz CT molecular complexity index is 257. The SMILES string of the molecule is CCCCOC(=O)C(CCCC)SCCCC(F)(F)F. The van der Waals surface area contributed by atoms with Gasteiger partial charge < -0.3 is 4.74 Å². The Kier molecular flexibility index (Phi) is 11.1. The number of esters is 1. The Balaban J connectivity index is 4.03. The Hall–Kier alpha value is -0.390. The van der Waals surface area contributed by atoms with Crippen molar-refractivity contribution in [2.75, 3.05) is 12.4 Å². The average molecular weight is 314 g/mol. The van der Waals surface area contributed by atoms with Crippen LogP contribution in [0.15, 0.2) is 0 Å². The minimum absolute atomic E-state index is 0.0546. The van der Waals surface area contributed by atoms with Gasteiger partial charge in [-0.25, -0.2) is 0 Å². The number of carbonyl (C=O) groups is 1. The molecule has 0 N–H and O–H groups in total. The highest BCUT2D eigenvalue weighted by Crippen LogP contribution is 2.25. The van der Waals surface area contributed by atoms with E-state index in [1.54, 1.807) is 0 Å². The minimum Gasteiger partial charge on any atom is -0.465 e. The number of unbranched alkanes of at least 4 members (excludes halogenated alkanes) is 2. The van der Waals surface area contributed by atoms with E-state index in [4.69, 9.17) is 4.74 Å². The van der Waals surface area contributed by atoms with Crippen LogP contribution >= 0.6 is 11.8 Å². The van der Waals surface area contributed by atoms with Crippen LogP contribution in [0.4, 0.5) is 13.2 Å². The molecule has 0 amide bonds. The maximum absolute atomic E-state index is 12.0. The summed E-state index contributed by atoms with van der Waals surface area (Å²) in [7, 11) is 0. The predicted octanol–water partition coefficient (Wildman–Crippen LogP) is 4.96. The molecule has 0 aliphatic carbocycles. The number of halogens is 3. The summed E-state index contributed by atoms with van der Waals surface area (Å²) in [5, 5.41) is -0.319. The van der Waals surface area contributed by atoms with E-state index < -0.39 is 12.6 Å². The molecule has 0 bridgehead atoms. The fraction of sp³-hybridized carbons (Fsp3) is 0.929. The molecule has 0 aliphatic rings. The van der Waals surface area contributed by atoms with Crippen molar-refractivity contribution in [3.8, 4) is 0 Å². The van der Waals surface area contributed by atoms with Gasteiger partial charge in [-0.1, -0.05) is 33.1 Å². The molecular weight excluding hydrogens is 289 g/mol. The number of thioether (sulfide) groups is 1. The third kappa shape index (κ3) is 11.4. The highest BCUT2D eigenvalue weighted by Gasteiger charge is 2.27. The van der Waals surface area contributed by atoms with Gasteiger partial charge in [-0.15, -0.1) is 11.8 Å². The first-order valence-corrected chi connectivity index (χ1v) is 8.30. The largest absolute Gasteiger partial charge is 0.465 e. The number of hydrogen-bond acceptors (Lipinski definition) is 3. The molecule has 0 fully saturated rings. The molecule has 0 radical (unpaired) electrons. The Morgan fingerprint density at radius 2 is 1.80 bits per heavy atom. The topological polar surface area (TPSA) is 26.3 Å². The summed E-state index contributed by atoms with van der Waals surface area (Å²) < 4.78 is 41.3. The smallest absolute Gasteiger partial charge is 0.389 e. The van der Waals surface area contributed by atoms with Crippen molar-refractivity contribution in [3.63, 3.8) is 0 Å². The predicted molar refractivity (Wildman–Crippen MR) is 76.9 cm³/mol. The van der Waals surface area contributed by atoms with Gasteiger partial charge in [0.2, 0.25) is 0 Å². The van der Waals surface area contributed by atoms with Crippen LogP contribution in [0.3, 0.4) is 0 Å². The van der Waals surface area contributed by atoms with Crippen molar-refractivity contribution < 1.29 is 22.7 Å². The van der Waals surface area contributed by atoms with Gasteiger partial charge in [-0.05, 0) is 25.0 Å². The Morgan fingerprint density at radius 3 is 2.35 bits per heavy atom. The van der Waals surface area contributed by atoms with Crippen molar-refractivity contribution >= 4 is 17.7 Å². The third-order valence-electron chi connectivity index (χ3n) is 2.75. The molecule has 2 nitrogen and oxygen atoms in total. The van der Waals surface area contributed by atoms with Crippen LogP contribution in [0.5, 0.6) is 0 Å². The summed E-state index contributed by atoms with van der Waals surface area (Å²) in [5.41, 5.74) is 0. The van der Waals surface area contributed by atoms with Crippen molar-refractivity contribution in [1.29, 1.82) is 0 Å². The summed E-state index contributed by atoms with van der Waals surface area (Å²) in [6.45, 7) is 4.43. The van der Waals surface area contributed by atoms with E-state index in [0.717, 1.165) is 25.7 Å². The number of carbonyl (C=O) groups excluding carboxylic acids is 1. The van der Waals surface area contributed by atoms with Crippen molar-refractivity contribution in [2.45, 2.75) is 70.2 Å². The summed E-state index contributed by atoms with van der Waals surface area (Å²) >= 11 is 1.29. The summed E-state index contributed by atoms with van der Waals surface area (Å²) in [6.07, 6.45) is -0.540. The van der Waals surface area contributed by atoms with Crippen molar-refractivity contribution in [2.24, 2.45) is 0 Å². The molecule has 20 heavy (non-hydrogen) atoms. The molecular formula is C14H25F3O2S. The summed E-state index contributed by atoms with van der Waals surface area (Å²) in [4.78, 5) is 11.8. The third-order valence-corrected chi connectivity index (χ3v) is 4.10. The molecule has 0 rings (SSSR count). The van der Waals surface area contributed by atoms with Crippen LogP contribution in [-0.2, 0) is 9.53 Å². The first-order valence-electron chi connectivity index (χ1n) is 7.25. The van der Waals surface area contributed by atoms with Gasteiger partial charge in [0.05, 0.1) is 6.61 Å². The summed E-state index contributed by atoms with van der Waals surface area (Å²) in [6, 6.07) is 0. The molecule has 0 saturated carbocycles. The molecule has 0 heterocycles. The molecule has 6 heteroatoms. The molecule has 0 aromatic carbocycles. The van der Waals surface area contributed by atoms with E-state index in [2.05, 4.69) is 0 Å². The quantitative estimate of drug-likeness (QED) is 0.398. The van der Waals surface area contributed by atoms with Gasteiger partial charge >= 0.3 is 12.1 Å². The zero-order valence-electron chi connectivity index (χ0n) is 12.3. The van der Waals surface area contributed by atoms with E-state index in [-0.39, 0.29) is 17.6 Å².